The van der Waals surface area contributed by atoms with Crippen molar-refractivity contribution < 1.29 is 17.9 Å². The number of rotatable bonds is 6. The fourth-order valence-electron chi connectivity index (χ4n) is 4.16. The quantitative estimate of drug-likeness (QED) is 0.282. The zero-order valence-electron chi connectivity index (χ0n) is 20.0. The monoisotopic (exact) mass is 537 g/mol. The Hall–Kier alpha value is -3.95. The Labute approximate surface area is 219 Å². The molecule has 0 spiro atoms. The molecule has 1 atom stereocenters. The van der Waals surface area contributed by atoms with Gasteiger partial charge in [-0.2, -0.15) is 0 Å². The zero-order chi connectivity index (χ0) is 26.3. The van der Waals surface area contributed by atoms with E-state index in [0.717, 1.165) is 5.56 Å². The van der Waals surface area contributed by atoms with Crippen LogP contribution >= 0.6 is 11.6 Å². The van der Waals surface area contributed by atoms with Gasteiger partial charge in [-0.3, -0.25) is 9.52 Å². The lowest BCUT2D eigenvalue weighted by Gasteiger charge is -2.16. The molecule has 0 aliphatic heterocycles. The van der Waals surface area contributed by atoms with E-state index in [1.54, 1.807) is 49.6 Å². The summed E-state index contributed by atoms with van der Waals surface area (Å²) >= 11 is 6.14. The number of benzene rings is 3. The second-order valence-electron chi connectivity index (χ2n) is 8.42. The minimum absolute atomic E-state index is 0.285. The highest BCUT2D eigenvalue weighted by Crippen LogP contribution is 2.39. The second kappa shape index (κ2) is 9.84. The van der Waals surface area contributed by atoms with Crippen LogP contribution in [0, 0.1) is 12.7 Å². The molecule has 0 radical (unpaired) electrons. The number of aromatic nitrogens is 2. The van der Waals surface area contributed by atoms with E-state index in [4.69, 9.17) is 20.9 Å². The van der Waals surface area contributed by atoms with Crippen LogP contribution in [0.25, 0.3) is 33.0 Å². The van der Waals surface area contributed by atoms with E-state index in [0.29, 0.717) is 54.5 Å². The summed E-state index contributed by atoms with van der Waals surface area (Å²) in [5.74, 6) is 0.287. The van der Waals surface area contributed by atoms with Gasteiger partial charge in [0, 0.05) is 46.4 Å². The van der Waals surface area contributed by atoms with Crippen molar-refractivity contribution in [2.24, 2.45) is 7.05 Å². The summed E-state index contributed by atoms with van der Waals surface area (Å²) in [7, 11) is 1.43. The van der Waals surface area contributed by atoms with E-state index in [-0.39, 0.29) is 5.56 Å². The van der Waals surface area contributed by atoms with Crippen LogP contribution in [0.15, 0.2) is 81.3 Å². The molecule has 0 saturated carbocycles. The molecule has 0 saturated heterocycles. The van der Waals surface area contributed by atoms with Gasteiger partial charge in [-0.05, 0) is 59.8 Å². The largest absolute Gasteiger partial charge is 0.496 e. The van der Waals surface area contributed by atoms with Crippen LogP contribution in [0.1, 0.15) is 5.56 Å². The van der Waals surface area contributed by atoms with Gasteiger partial charge in [0.2, 0.25) is 0 Å². The van der Waals surface area contributed by atoms with Gasteiger partial charge in [0.15, 0.2) is 16.8 Å². The molecule has 37 heavy (non-hydrogen) atoms. The van der Waals surface area contributed by atoms with Crippen LogP contribution in [0.4, 0.5) is 10.2 Å². The van der Waals surface area contributed by atoms with Crippen LogP contribution in [-0.4, -0.2) is 21.0 Å². The van der Waals surface area contributed by atoms with Crippen molar-refractivity contribution in [3.05, 3.63) is 93.8 Å². The predicted octanol–water partition coefficient (Wildman–Crippen LogP) is 6.10. The second-order valence-corrected chi connectivity index (χ2v) is 10.0. The van der Waals surface area contributed by atoms with Crippen LogP contribution in [0.3, 0.4) is 0 Å². The van der Waals surface area contributed by atoms with Crippen molar-refractivity contribution >= 4 is 39.2 Å². The first-order chi connectivity index (χ1) is 17.8. The number of methoxy groups -OCH3 is 1. The Kier molecular flexibility index (Phi) is 6.57. The van der Waals surface area contributed by atoms with Crippen molar-refractivity contribution in [1.29, 1.82) is 0 Å². The average Bonchev–Trinajstić information content (AvgIpc) is 3.40. The third kappa shape index (κ3) is 4.63. The van der Waals surface area contributed by atoms with Gasteiger partial charge in [-0.25, -0.2) is 8.60 Å². The van der Waals surface area contributed by atoms with Crippen molar-refractivity contribution in [1.82, 2.24) is 9.72 Å². The SMILES string of the molecule is COc1cc(-c2ccc(Cl)c(C)c2)c(F)cc1-c1cn(C)c(=O)c2cc(S(=O)Nc3ccon3)ccc12. The molecule has 5 rings (SSSR count). The van der Waals surface area contributed by atoms with Gasteiger partial charge in [0.05, 0.1) is 12.0 Å². The molecular formula is C27H21ClFN3O4S. The number of nitrogens with one attached hydrogen (secondary N) is 1. The fraction of sp³-hybridized carbons (Fsp3) is 0.111. The number of pyridine rings is 1. The molecule has 0 amide bonds. The first-order valence-electron chi connectivity index (χ1n) is 11.1. The maximum Gasteiger partial charge on any atom is 0.258 e. The van der Waals surface area contributed by atoms with Gasteiger partial charge >= 0.3 is 0 Å². The van der Waals surface area contributed by atoms with Crippen LogP contribution in [0.2, 0.25) is 5.02 Å². The third-order valence-corrected chi connectivity index (χ3v) is 7.55. The van der Waals surface area contributed by atoms with Crippen LogP contribution in [0.5, 0.6) is 5.75 Å². The topological polar surface area (TPSA) is 86.4 Å². The molecular weight excluding hydrogens is 517 g/mol. The third-order valence-electron chi connectivity index (χ3n) is 6.05. The molecule has 2 heterocycles. The van der Waals surface area contributed by atoms with Crippen molar-refractivity contribution in [3.8, 4) is 28.0 Å². The van der Waals surface area contributed by atoms with E-state index in [1.165, 1.54) is 30.1 Å². The molecule has 7 nitrogen and oxygen atoms in total. The predicted molar refractivity (Wildman–Crippen MR) is 143 cm³/mol. The Bertz CT molecular complexity index is 1730. The number of aryl methyl sites for hydroxylation is 2. The van der Waals surface area contributed by atoms with Gasteiger partial charge in [0.25, 0.3) is 5.56 Å². The standard InChI is InChI=1S/C27H21ClFN3O4S/c1-15-10-16(4-7-23(15)28)19-13-25(35-3)20(12-24(19)29)22-14-32(2)27(33)21-11-17(5-6-18(21)22)37(34)31-26-8-9-36-30-26/h4-14H,1-3H3,(H,30,31). The number of hydrogen-bond acceptors (Lipinski definition) is 5. The minimum atomic E-state index is -1.69. The lowest BCUT2D eigenvalue weighted by Crippen LogP contribution is -2.17. The van der Waals surface area contributed by atoms with Gasteiger partial charge < -0.3 is 13.8 Å². The highest BCUT2D eigenvalue weighted by molar-refractivity contribution is 7.86. The maximum atomic E-state index is 15.5. The number of nitrogens with zero attached hydrogens (tertiary/aromatic N) is 2. The normalized spacial score (nSPS) is 12.0. The average molecular weight is 538 g/mol. The summed E-state index contributed by atoms with van der Waals surface area (Å²) in [5, 5.41) is 5.19. The molecule has 0 fully saturated rings. The summed E-state index contributed by atoms with van der Waals surface area (Å²) in [4.78, 5) is 13.4. The molecule has 0 bridgehead atoms. The van der Waals surface area contributed by atoms with Gasteiger partial charge in [-0.15, -0.1) is 0 Å². The Morgan fingerprint density at radius 1 is 1.05 bits per heavy atom. The van der Waals surface area contributed by atoms with Crippen molar-refractivity contribution in [3.63, 3.8) is 0 Å². The smallest absolute Gasteiger partial charge is 0.258 e. The lowest BCUT2D eigenvalue weighted by atomic mass is 9.95. The number of fused-ring (bicyclic) bond motifs is 1. The summed E-state index contributed by atoms with van der Waals surface area (Å²) in [6, 6.07) is 14.7. The van der Waals surface area contributed by atoms with E-state index < -0.39 is 16.8 Å². The van der Waals surface area contributed by atoms with E-state index in [9.17, 15) is 9.00 Å². The number of hydrogen-bond donors (Lipinski definition) is 1. The summed E-state index contributed by atoms with van der Waals surface area (Å²) in [5.41, 5.74) is 2.65. The fourth-order valence-corrected chi connectivity index (χ4v) is 5.11. The van der Waals surface area contributed by atoms with Crippen molar-refractivity contribution in [2.45, 2.75) is 11.8 Å². The Morgan fingerprint density at radius 3 is 2.57 bits per heavy atom. The molecule has 188 valence electrons. The molecule has 5 aromatic rings. The number of halogens is 2. The molecule has 3 aromatic carbocycles. The minimum Gasteiger partial charge on any atom is -0.496 e. The summed E-state index contributed by atoms with van der Waals surface area (Å²) in [6.45, 7) is 1.86. The van der Waals surface area contributed by atoms with Crippen LogP contribution in [-0.2, 0) is 18.0 Å². The van der Waals surface area contributed by atoms with E-state index in [1.807, 2.05) is 13.0 Å². The van der Waals surface area contributed by atoms with Gasteiger partial charge in [-0.1, -0.05) is 28.9 Å². The molecule has 0 aliphatic carbocycles. The Balaban J connectivity index is 1.65. The summed E-state index contributed by atoms with van der Waals surface area (Å²) in [6.07, 6.45) is 2.99. The van der Waals surface area contributed by atoms with Crippen molar-refractivity contribution in [2.75, 3.05) is 11.8 Å². The Morgan fingerprint density at radius 2 is 1.86 bits per heavy atom. The molecule has 0 aliphatic rings. The number of ether oxygens (including phenoxy) is 1. The highest BCUT2D eigenvalue weighted by atomic mass is 35.5. The van der Waals surface area contributed by atoms with Gasteiger partial charge in [0.1, 0.15) is 17.8 Å². The highest BCUT2D eigenvalue weighted by Gasteiger charge is 2.19. The zero-order valence-corrected chi connectivity index (χ0v) is 21.6. The molecule has 1 unspecified atom stereocenters. The lowest BCUT2D eigenvalue weighted by molar-refractivity contribution is 0.415. The summed E-state index contributed by atoms with van der Waals surface area (Å²) < 4.78 is 42.8. The number of anilines is 1. The molecule has 2 aromatic heterocycles. The van der Waals surface area contributed by atoms with E-state index >= 15 is 4.39 Å². The molecule has 1 N–H and O–H groups in total. The molecule has 10 heteroatoms. The first kappa shape index (κ1) is 24.7. The first-order valence-corrected chi connectivity index (χ1v) is 12.7. The van der Waals surface area contributed by atoms with E-state index in [2.05, 4.69) is 9.88 Å². The maximum absolute atomic E-state index is 15.5. The van der Waals surface area contributed by atoms with Crippen LogP contribution < -0.4 is 15.0 Å².